The molecule has 5 nitrogen and oxygen atoms in total. The molecule has 0 atom stereocenters. The molecule has 5 heteroatoms. The number of nitrogens with zero attached hydrogens (tertiary/aromatic N) is 1. The van der Waals surface area contributed by atoms with Crippen LogP contribution in [-0.4, -0.2) is 36.4 Å². The maximum absolute atomic E-state index is 6.22. The van der Waals surface area contributed by atoms with E-state index in [9.17, 15) is 0 Å². The fraction of sp³-hybridized carbons (Fsp3) is 0.688. The molecule has 0 bridgehead atoms. The highest BCUT2D eigenvalue weighted by Gasteiger charge is 2.26. The van der Waals surface area contributed by atoms with Gasteiger partial charge in [0.2, 0.25) is 0 Å². The number of anilines is 1. The number of piperidine rings is 1. The van der Waals surface area contributed by atoms with Crippen LogP contribution in [0.4, 0.5) is 5.69 Å². The van der Waals surface area contributed by atoms with E-state index in [2.05, 4.69) is 10.3 Å². The van der Waals surface area contributed by atoms with Crippen LogP contribution in [0.2, 0.25) is 0 Å². The molecule has 2 aliphatic rings. The Hall–Kier alpha value is -1.33. The van der Waals surface area contributed by atoms with Crippen LogP contribution in [0.1, 0.15) is 38.5 Å². The highest BCUT2D eigenvalue weighted by atomic mass is 16.5. The lowest BCUT2D eigenvalue weighted by Crippen LogP contribution is -2.37. The van der Waals surface area contributed by atoms with Gasteiger partial charge in [0, 0.05) is 12.3 Å². The molecule has 0 aromatic carbocycles. The fourth-order valence-electron chi connectivity index (χ4n) is 3.17. The monoisotopic (exact) mass is 291 g/mol. The fourth-order valence-corrected chi connectivity index (χ4v) is 3.17. The maximum atomic E-state index is 6.22. The van der Waals surface area contributed by atoms with Gasteiger partial charge in [0.25, 0.3) is 0 Å². The summed E-state index contributed by atoms with van der Waals surface area (Å²) in [6.45, 7) is 2.18. The van der Waals surface area contributed by atoms with Crippen molar-refractivity contribution in [2.45, 2.75) is 56.8 Å². The van der Waals surface area contributed by atoms with Gasteiger partial charge in [-0.3, -0.25) is 4.98 Å². The number of aromatic nitrogens is 1. The number of pyridine rings is 1. The number of nitrogens with two attached hydrogens (primary N) is 1. The molecular formula is C16H25N3O2. The lowest BCUT2D eigenvalue weighted by atomic mass is 9.94. The third-order valence-corrected chi connectivity index (χ3v) is 4.40. The Bertz CT molecular complexity index is 441. The van der Waals surface area contributed by atoms with Gasteiger partial charge in [-0.2, -0.15) is 0 Å². The second-order valence-corrected chi connectivity index (χ2v) is 6.02. The van der Waals surface area contributed by atoms with Crippen LogP contribution in [0, 0.1) is 0 Å². The van der Waals surface area contributed by atoms with Crippen LogP contribution in [0.25, 0.3) is 0 Å². The summed E-state index contributed by atoms with van der Waals surface area (Å²) in [5, 5.41) is 3.37. The van der Waals surface area contributed by atoms with E-state index in [1.54, 1.807) is 12.4 Å². The summed E-state index contributed by atoms with van der Waals surface area (Å²) in [5.41, 5.74) is 6.49. The summed E-state index contributed by atoms with van der Waals surface area (Å²) in [4.78, 5) is 3.98. The third-order valence-electron chi connectivity index (χ3n) is 4.40. The van der Waals surface area contributed by atoms with Gasteiger partial charge in [-0.25, -0.2) is 0 Å². The number of nitrogen functional groups attached to an aromatic ring is 1. The van der Waals surface area contributed by atoms with E-state index < -0.39 is 0 Å². The minimum absolute atomic E-state index is 0.252. The number of hydrogen-bond acceptors (Lipinski definition) is 5. The summed E-state index contributed by atoms with van der Waals surface area (Å²) in [6, 6.07) is 1.84. The van der Waals surface area contributed by atoms with Gasteiger partial charge >= 0.3 is 0 Å². The summed E-state index contributed by atoms with van der Waals surface area (Å²) in [5.74, 6) is 0.757. The Morgan fingerprint density at radius 3 is 2.38 bits per heavy atom. The molecule has 116 valence electrons. The van der Waals surface area contributed by atoms with Crippen molar-refractivity contribution in [1.29, 1.82) is 0 Å². The predicted molar refractivity (Wildman–Crippen MR) is 82.3 cm³/mol. The van der Waals surface area contributed by atoms with E-state index in [-0.39, 0.29) is 6.10 Å². The molecule has 1 aromatic heterocycles. The molecule has 1 saturated carbocycles. The topological polar surface area (TPSA) is 69.4 Å². The van der Waals surface area contributed by atoms with Crippen molar-refractivity contribution in [3.63, 3.8) is 0 Å². The predicted octanol–water partition coefficient (Wildman–Crippen LogP) is 2.12. The van der Waals surface area contributed by atoms with Gasteiger partial charge in [-0.15, -0.1) is 0 Å². The van der Waals surface area contributed by atoms with Crippen molar-refractivity contribution in [2.24, 2.45) is 0 Å². The molecular weight excluding hydrogens is 266 g/mol. The van der Waals surface area contributed by atoms with Crippen LogP contribution in [0.5, 0.6) is 5.75 Å². The molecule has 3 rings (SSSR count). The van der Waals surface area contributed by atoms with Crippen LogP contribution in [0.3, 0.4) is 0 Å². The van der Waals surface area contributed by atoms with E-state index in [1.807, 2.05) is 6.07 Å². The average molecular weight is 291 g/mol. The molecule has 2 fully saturated rings. The van der Waals surface area contributed by atoms with Gasteiger partial charge in [-0.1, -0.05) is 0 Å². The lowest BCUT2D eigenvalue weighted by Gasteiger charge is -2.33. The van der Waals surface area contributed by atoms with Crippen molar-refractivity contribution in [3.8, 4) is 5.75 Å². The summed E-state index contributed by atoms with van der Waals surface area (Å²) >= 11 is 0. The summed E-state index contributed by atoms with van der Waals surface area (Å²) in [7, 11) is 0. The molecule has 0 unspecified atom stereocenters. The van der Waals surface area contributed by atoms with E-state index in [1.165, 1.54) is 0 Å². The molecule has 0 amide bonds. The van der Waals surface area contributed by atoms with Gasteiger partial charge < -0.3 is 20.5 Å². The second kappa shape index (κ2) is 7.09. The van der Waals surface area contributed by atoms with E-state index in [4.69, 9.17) is 15.2 Å². The van der Waals surface area contributed by atoms with Gasteiger partial charge in [0.05, 0.1) is 30.2 Å². The Balaban J connectivity index is 1.43. The number of rotatable bonds is 4. The zero-order chi connectivity index (χ0) is 14.5. The molecule has 3 N–H and O–H groups in total. The van der Waals surface area contributed by atoms with Gasteiger partial charge in [-0.05, 0) is 51.6 Å². The molecule has 0 radical (unpaired) electrons. The zero-order valence-electron chi connectivity index (χ0n) is 12.5. The second-order valence-electron chi connectivity index (χ2n) is 6.02. The van der Waals surface area contributed by atoms with Crippen LogP contribution in [-0.2, 0) is 4.74 Å². The van der Waals surface area contributed by atoms with Crippen LogP contribution >= 0.6 is 0 Å². The van der Waals surface area contributed by atoms with Crippen LogP contribution in [0.15, 0.2) is 18.5 Å². The number of nitrogens with one attached hydrogen (secondary N) is 1. The van der Waals surface area contributed by atoms with Crippen molar-refractivity contribution in [2.75, 3.05) is 18.8 Å². The minimum atomic E-state index is 0.252. The zero-order valence-corrected chi connectivity index (χ0v) is 12.5. The molecule has 1 aliphatic heterocycles. The molecule has 1 saturated heterocycles. The van der Waals surface area contributed by atoms with Crippen molar-refractivity contribution in [3.05, 3.63) is 18.5 Å². The molecule has 1 aliphatic carbocycles. The smallest absolute Gasteiger partial charge is 0.145 e. The summed E-state index contributed by atoms with van der Waals surface area (Å²) in [6.07, 6.45) is 11.0. The van der Waals surface area contributed by atoms with Crippen LogP contribution < -0.4 is 15.8 Å². The highest BCUT2D eigenvalue weighted by molar-refractivity contribution is 5.49. The first-order valence-electron chi connectivity index (χ1n) is 8.03. The number of ether oxygens (including phenoxy) is 2. The third kappa shape index (κ3) is 4.08. The van der Waals surface area contributed by atoms with Crippen molar-refractivity contribution in [1.82, 2.24) is 10.3 Å². The Kier molecular flexibility index (Phi) is 4.93. The standard InChI is InChI=1S/C16H25N3O2/c17-15-11-19-10-7-16(15)21-13-3-1-12(2-4-13)20-14-5-8-18-9-6-14/h7,10-14,18H,1-6,8-9,17H2. The first kappa shape index (κ1) is 14.6. The van der Waals surface area contributed by atoms with E-state index >= 15 is 0 Å². The van der Waals surface area contributed by atoms with Crippen molar-refractivity contribution < 1.29 is 9.47 Å². The average Bonchev–Trinajstić information content (AvgIpc) is 2.52. The van der Waals surface area contributed by atoms with Gasteiger partial charge in [0.15, 0.2) is 0 Å². The number of hydrogen-bond donors (Lipinski definition) is 2. The first-order chi connectivity index (χ1) is 10.3. The normalized spacial score (nSPS) is 27.4. The molecule has 1 aromatic rings. The highest BCUT2D eigenvalue weighted by Crippen LogP contribution is 2.29. The quantitative estimate of drug-likeness (QED) is 0.889. The Morgan fingerprint density at radius 2 is 1.67 bits per heavy atom. The first-order valence-corrected chi connectivity index (χ1v) is 8.03. The Morgan fingerprint density at radius 1 is 1.00 bits per heavy atom. The summed E-state index contributed by atoms with van der Waals surface area (Å²) < 4.78 is 12.2. The maximum Gasteiger partial charge on any atom is 0.145 e. The largest absolute Gasteiger partial charge is 0.488 e. The molecule has 21 heavy (non-hydrogen) atoms. The van der Waals surface area contributed by atoms with E-state index in [0.29, 0.717) is 17.9 Å². The van der Waals surface area contributed by atoms with Crippen molar-refractivity contribution >= 4 is 5.69 Å². The SMILES string of the molecule is Nc1cnccc1OC1CCC(OC2CCNCC2)CC1. The lowest BCUT2D eigenvalue weighted by molar-refractivity contribution is -0.0547. The molecule has 2 heterocycles. The van der Waals surface area contributed by atoms with Gasteiger partial charge in [0.1, 0.15) is 5.75 Å². The minimum Gasteiger partial charge on any atom is -0.488 e. The Labute approximate surface area is 126 Å². The van der Waals surface area contributed by atoms with E-state index in [0.717, 1.165) is 57.4 Å². The molecule has 0 spiro atoms.